The average molecular weight is 221 g/mol. The van der Waals surface area contributed by atoms with E-state index in [4.69, 9.17) is 15.3 Å². The van der Waals surface area contributed by atoms with E-state index in [1.807, 2.05) is 0 Å². The fourth-order valence-electron chi connectivity index (χ4n) is 1.07. The van der Waals surface area contributed by atoms with E-state index in [0.29, 0.717) is 11.4 Å². The first-order valence-electron chi connectivity index (χ1n) is 4.38. The number of rotatable bonds is 5. The Kier molecular flexibility index (Phi) is 4.02. The molecule has 6 nitrogen and oxygen atoms in total. The van der Waals surface area contributed by atoms with Gasteiger partial charge in [0.15, 0.2) is 0 Å². The molecule has 84 valence electrons. The number of benzene rings is 1. The zero-order valence-corrected chi connectivity index (χ0v) is 8.60. The summed E-state index contributed by atoms with van der Waals surface area (Å²) in [5.74, 6) is -0.620. The molecular formula is C10H11N3O3. The fourth-order valence-corrected chi connectivity index (χ4v) is 1.07. The van der Waals surface area contributed by atoms with Crippen molar-refractivity contribution in [3.8, 4) is 5.75 Å². The Morgan fingerprint density at radius 1 is 1.62 bits per heavy atom. The number of hydrazone groups is 1. The Hall–Kier alpha value is -2.37. The normalized spacial score (nSPS) is 10.1. The van der Waals surface area contributed by atoms with Gasteiger partial charge in [0.25, 0.3) is 0 Å². The standard InChI is InChI=1S/C10H11N3O3/c1-16-7-2-3-9(13-12-5-4-11)8(6-7)10(14)15/h2-6,11,13H,1H3,(H,14,15)/b11-4?,12-5+. The van der Waals surface area contributed by atoms with Crippen molar-refractivity contribution in [2.75, 3.05) is 12.5 Å². The first-order chi connectivity index (χ1) is 7.69. The van der Waals surface area contributed by atoms with E-state index < -0.39 is 5.97 Å². The number of nitrogens with zero attached hydrogens (tertiary/aromatic N) is 1. The maximum Gasteiger partial charge on any atom is 0.338 e. The van der Waals surface area contributed by atoms with Gasteiger partial charge in [-0.3, -0.25) is 5.43 Å². The van der Waals surface area contributed by atoms with Gasteiger partial charge < -0.3 is 15.3 Å². The molecule has 16 heavy (non-hydrogen) atoms. The van der Waals surface area contributed by atoms with Crippen molar-refractivity contribution in [2.24, 2.45) is 5.10 Å². The van der Waals surface area contributed by atoms with Crippen LogP contribution in [-0.4, -0.2) is 30.6 Å². The average Bonchev–Trinajstić information content (AvgIpc) is 2.29. The number of anilines is 1. The molecular weight excluding hydrogens is 210 g/mol. The Morgan fingerprint density at radius 2 is 2.38 bits per heavy atom. The summed E-state index contributed by atoms with van der Waals surface area (Å²) < 4.78 is 4.92. The smallest absolute Gasteiger partial charge is 0.338 e. The van der Waals surface area contributed by atoms with Gasteiger partial charge in [-0.05, 0) is 18.2 Å². The highest BCUT2D eigenvalue weighted by molar-refractivity contribution is 6.14. The Bertz CT molecular complexity index is 429. The van der Waals surface area contributed by atoms with Crippen LogP contribution in [0.3, 0.4) is 0 Å². The Morgan fingerprint density at radius 3 is 2.94 bits per heavy atom. The summed E-state index contributed by atoms with van der Waals surface area (Å²) in [7, 11) is 1.46. The van der Waals surface area contributed by atoms with E-state index in [9.17, 15) is 4.79 Å². The molecule has 1 aromatic rings. The minimum Gasteiger partial charge on any atom is -0.497 e. The molecule has 0 aliphatic rings. The van der Waals surface area contributed by atoms with Crippen LogP contribution in [0.4, 0.5) is 5.69 Å². The van der Waals surface area contributed by atoms with Gasteiger partial charge in [-0.25, -0.2) is 4.79 Å². The van der Waals surface area contributed by atoms with Gasteiger partial charge in [-0.1, -0.05) is 0 Å². The van der Waals surface area contributed by atoms with Gasteiger partial charge in [0.05, 0.1) is 24.6 Å². The third-order valence-corrected chi connectivity index (χ3v) is 1.79. The van der Waals surface area contributed by atoms with Gasteiger partial charge in [0.2, 0.25) is 0 Å². The zero-order chi connectivity index (χ0) is 12.0. The van der Waals surface area contributed by atoms with Gasteiger partial charge in [-0.2, -0.15) is 5.10 Å². The van der Waals surface area contributed by atoms with E-state index in [2.05, 4.69) is 10.5 Å². The molecule has 0 aromatic heterocycles. The topological polar surface area (TPSA) is 94.8 Å². The van der Waals surface area contributed by atoms with Crippen LogP contribution < -0.4 is 10.2 Å². The summed E-state index contributed by atoms with van der Waals surface area (Å²) in [6.07, 6.45) is 2.19. The van der Waals surface area contributed by atoms with Gasteiger partial charge in [0, 0.05) is 6.21 Å². The van der Waals surface area contributed by atoms with Crippen molar-refractivity contribution in [3.05, 3.63) is 23.8 Å². The number of aromatic carboxylic acids is 1. The van der Waals surface area contributed by atoms with Crippen molar-refractivity contribution in [2.45, 2.75) is 0 Å². The second-order valence-electron chi connectivity index (χ2n) is 2.77. The van der Waals surface area contributed by atoms with E-state index in [1.165, 1.54) is 19.4 Å². The lowest BCUT2D eigenvalue weighted by atomic mass is 10.2. The molecule has 0 fully saturated rings. The third-order valence-electron chi connectivity index (χ3n) is 1.79. The second kappa shape index (κ2) is 5.50. The van der Waals surface area contributed by atoms with Gasteiger partial charge in [0.1, 0.15) is 5.75 Å². The zero-order valence-electron chi connectivity index (χ0n) is 8.60. The van der Waals surface area contributed by atoms with Crippen molar-refractivity contribution < 1.29 is 14.6 Å². The van der Waals surface area contributed by atoms with E-state index in [-0.39, 0.29) is 5.56 Å². The predicted octanol–water partition coefficient (Wildman–Crippen LogP) is 1.44. The molecule has 0 atom stereocenters. The van der Waals surface area contributed by atoms with Crippen LogP contribution in [0.1, 0.15) is 10.4 Å². The van der Waals surface area contributed by atoms with Crippen LogP contribution >= 0.6 is 0 Å². The summed E-state index contributed by atoms with van der Waals surface area (Å²) in [6, 6.07) is 4.56. The Balaban J connectivity index is 3.02. The fraction of sp³-hybridized carbons (Fsp3) is 0.100. The largest absolute Gasteiger partial charge is 0.497 e. The SMILES string of the molecule is COc1ccc(N/N=C/C=N)c(C(=O)O)c1. The second-order valence-corrected chi connectivity index (χ2v) is 2.77. The van der Waals surface area contributed by atoms with Crippen LogP contribution in [0, 0.1) is 5.41 Å². The van der Waals surface area contributed by atoms with Gasteiger partial charge >= 0.3 is 5.97 Å². The Labute approximate surface area is 92.1 Å². The molecule has 0 unspecified atom stereocenters. The third kappa shape index (κ3) is 2.81. The first-order valence-corrected chi connectivity index (χ1v) is 4.38. The number of hydrogen-bond acceptors (Lipinski definition) is 5. The molecule has 0 aliphatic heterocycles. The number of methoxy groups -OCH3 is 1. The summed E-state index contributed by atoms with van der Waals surface area (Å²) in [5.41, 5.74) is 2.92. The number of hydrogen-bond donors (Lipinski definition) is 3. The summed E-state index contributed by atoms with van der Waals surface area (Å²) in [6.45, 7) is 0. The van der Waals surface area contributed by atoms with E-state index >= 15 is 0 Å². The molecule has 0 radical (unpaired) electrons. The van der Waals surface area contributed by atoms with Crippen molar-refractivity contribution in [3.63, 3.8) is 0 Å². The molecule has 0 aliphatic carbocycles. The van der Waals surface area contributed by atoms with Crippen LogP contribution in [0.2, 0.25) is 0 Å². The molecule has 3 N–H and O–H groups in total. The highest BCUT2D eigenvalue weighted by Crippen LogP contribution is 2.21. The number of carboxylic acids is 1. The summed E-state index contributed by atoms with van der Waals surface area (Å²) in [5, 5.41) is 19.3. The molecule has 0 amide bonds. The van der Waals surface area contributed by atoms with E-state index in [0.717, 1.165) is 6.21 Å². The maximum atomic E-state index is 10.9. The molecule has 0 saturated heterocycles. The first kappa shape index (κ1) is 11.7. The number of carbonyl (C=O) groups is 1. The molecule has 0 spiro atoms. The molecule has 0 saturated carbocycles. The number of ether oxygens (including phenoxy) is 1. The van der Waals surface area contributed by atoms with Crippen LogP contribution in [0.25, 0.3) is 0 Å². The lowest BCUT2D eigenvalue weighted by Crippen LogP contribution is -2.03. The summed E-state index contributed by atoms with van der Waals surface area (Å²) in [4.78, 5) is 10.9. The molecule has 0 bridgehead atoms. The maximum absolute atomic E-state index is 10.9. The molecule has 6 heteroatoms. The quantitative estimate of drug-likeness (QED) is 0.518. The van der Waals surface area contributed by atoms with Crippen molar-refractivity contribution in [1.82, 2.24) is 0 Å². The van der Waals surface area contributed by atoms with E-state index in [1.54, 1.807) is 12.1 Å². The van der Waals surface area contributed by atoms with Crippen molar-refractivity contribution >= 4 is 24.1 Å². The lowest BCUT2D eigenvalue weighted by Gasteiger charge is -2.06. The monoisotopic (exact) mass is 221 g/mol. The molecule has 1 aromatic carbocycles. The highest BCUT2D eigenvalue weighted by atomic mass is 16.5. The van der Waals surface area contributed by atoms with Crippen LogP contribution in [0.5, 0.6) is 5.75 Å². The number of nitrogens with one attached hydrogen (secondary N) is 2. The summed E-state index contributed by atoms with van der Waals surface area (Å²) >= 11 is 0. The lowest BCUT2D eigenvalue weighted by molar-refractivity contribution is 0.0697. The van der Waals surface area contributed by atoms with Crippen LogP contribution in [0.15, 0.2) is 23.3 Å². The minimum atomic E-state index is -1.08. The number of carboxylic acid groups (broad SMARTS) is 1. The highest BCUT2D eigenvalue weighted by Gasteiger charge is 2.10. The van der Waals surface area contributed by atoms with Crippen LogP contribution in [-0.2, 0) is 0 Å². The molecule has 0 heterocycles. The van der Waals surface area contributed by atoms with Crippen molar-refractivity contribution in [1.29, 1.82) is 5.41 Å². The minimum absolute atomic E-state index is 0.0569. The molecule has 1 rings (SSSR count). The predicted molar refractivity (Wildman–Crippen MR) is 60.9 cm³/mol. The van der Waals surface area contributed by atoms with Gasteiger partial charge in [-0.15, -0.1) is 0 Å².